The number of fused-ring (bicyclic) bond motifs is 1. The Morgan fingerprint density at radius 1 is 1.50 bits per heavy atom. The lowest BCUT2D eigenvalue weighted by molar-refractivity contribution is -0.117. The maximum absolute atomic E-state index is 11.0. The number of hydrogen-bond donors (Lipinski definition) is 1. The fraction of sp³-hybridized carbons (Fsp3) is 0.273. The van der Waals surface area contributed by atoms with Crippen LogP contribution in [0.25, 0.3) is 11.0 Å². The molecular weight excluding hydrogens is 222 g/mol. The SMILES string of the molecule is C[C@H](Sc1nc2ccccc2n1C)C(N)=O. The molecular formula is C11H13N3OS. The number of carbonyl (C=O) groups is 1. The van der Waals surface area contributed by atoms with Crippen LogP contribution in [0.15, 0.2) is 29.4 Å². The molecule has 0 radical (unpaired) electrons. The molecule has 0 unspecified atom stereocenters. The highest BCUT2D eigenvalue weighted by atomic mass is 32.2. The normalized spacial score (nSPS) is 12.9. The van der Waals surface area contributed by atoms with Gasteiger partial charge >= 0.3 is 0 Å². The van der Waals surface area contributed by atoms with E-state index in [1.165, 1.54) is 11.8 Å². The summed E-state index contributed by atoms with van der Waals surface area (Å²) in [5.41, 5.74) is 7.22. The van der Waals surface area contributed by atoms with Gasteiger partial charge in [-0.15, -0.1) is 0 Å². The van der Waals surface area contributed by atoms with E-state index in [-0.39, 0.29) is 11.2 Å². The highest BCUT2D eigenvalue weighted by Crippen LogP contribution is 2.25. The van der Waals surface area contributed by atoms with Gasteiger partial charge in [0.2, 0.25) is 5.91 Å². The number of hydrogen-bond acceptors (Lipinski definition) is 3. The average Bonchev–Trinajstić information content (AvgIpc) is 2.56. The summed E-state index contributed by atoms with van der Waals surface area (Å²) in [6.07, 6.45) is 0. The summed E-state index contributed by atoms with van der Waals surface area (Å²) in [6, 6.07) is 7.87. The first kappa shape index (κ1) is 11.0. The van der Waals surface area contributed by atoms with Gasteiger partial charge in [0, 0.05) is 7.05 Å². The summed E-state index contributed by atoms with van der Waals surface area (Å²) in [5, 5.41) is 0.544. The minimum atomic E-state index is -0.322. The van der Waals surface area contributed by atoms with Crippen LogP contribution in [-0.2, 0) is 11.8 Å². The molecule has 16 heavy (non-hydrogen) atoms. The van der Waals surface area contributed by atoms with Gasteiger partial charge in [0.15, 0.2) is 5.16 Å². The molecule has 0 saturated carbocycles. The van der Waals surface area contributed by atoms with Gasteiger partial charge in [0.05, 0.1) is 16.3 Å². The van der Waals surface area contributed by atoms with Crippen LogP contribution in [0.3, 0.4) is 0 Å². The summed E-state index contributed by atoms with van der Waals surface area (Å²) in [7, 11) is 1.94. The van der Waals surface area contributed by atoms with Gasteiger partial charge in [-0.3, -0.25) is 4.79 Å². The third-order valence-corrected chi connectivity index (χ3v) is 3.59. The van der Waals surface area contributed by atoms with E-state index in [1.54, 1.807) is 6.92 Å². The number of rotatable bonds is 3. The van der Waals surface area contributed by atoms with Gasteiger partial charge in [-0.05, 0) is 19.1 Å². The molecule has 2 rings (SSSR count). The molecule has 1 amide bonds. The smallest absolute Gasteiger partial charge is 0.230 e. The van der Waals surface area contributed by atoms with Gasteiger partial charge in [0.25, 0.3) is 0 Å². The van der Waals surface area contributed by atoms with Crippen LogP contribution in [0.1, 0.15) is 6.92 Å². The first-order valence-electron chi connectivity index (χ1n) is 4.97. The van der Waals surface area contributed by atoms with Crippen molar-refractivity contribution in [2.24, 2.45) is 12.8 Å². The van der Waals surface area contributed by atoms with Gasteiger partial charge in [-0.1, -0.05) is 23.9 Å². The molecule has 2 aromatic rings. The largest absolute Gasteiger partial charge is 0.369 e. The van der Waals surface area contributed by atoms with Crippen molar-refractivity contribution in [3.63, 3.8) is 0 Å². The zero-order valence-electron chi connectivity index (χ0n) is 9.18. The molecule has 0 aliphatic rings. The molecule has 0 bridgehead atoms. The number of aromatic nitrogens is 2. The predicted octanol–water partition coefficient (Wildman–Crippen LogP) is 1.54. The Balaban J connectivity index is 2.38. The first-order chi connectivity index (χ1) is 7.59. The van der Waals surface area contributed by atoms with Crippen LogP contribution in [-0.4, -0.2) is 20.7 Å². The molecule has 0 aliphatic heterocycles. The van der Waals surface area contributed by atoms with Crippen molar-refractivity contribution >= 4 is 28.7 Å². The molecule has 1 atom stereocenters. The number of nitrogens with zero attached hydrogens (tertiary/aromatic N) is 2. The molecule has 4 nitrogen and oxygen atoms in total. The van der Waals surface area contributed by atoms with Crippen molar-refractivity contribution in [2.45, 2.75) is 17.3 Å². The van der Waals surface area contributed by atoms with Gasteiger partial charge < -0.3 is 10.3 Å². The number of aryl methyl sites for hydroxylation is 1. The third kappa shape index (κ3) is 1.90. The van der Waals surface area contributed by atoms with Crippen LogP contribution < -0.4 is 5.73 Å². The predicted molar refractivity (Wildman–Crippen MR) is 65.2 cm³/mol. The summed E-state index contributed by atoms with van der Waals surface area (Å²) in [6.45, 7) is 1.78. The maximum Gasteiger partial charge on any atom is 0.230 e. The van der Waals surface area contributed by atoms with Crippen molar-refractivity contribution in [1.82, 2.24) is 9.55 Å². The number of thioether (sulfide) groups is 1. The van der Waals surface area contributed by atoms with Crippen LogP contribution in [0.5, 0.6) is 0 Å². The van der Waals surface area contributed by atoms with E-state index >= 15 is 0 Å². The van der Waals surface area contributed by atoms with E-state index in [9.17, 15) is 4.79 Å². The molecule has 0 saturated heterocycles. The lowest BCUT2D eigenvalue weighted by Gasteiger charge is -2.06. The van der Waals surface area contributed by atoms with Gasteiger partial charge in [-0.2, -0.15) is 0 Å². The molecule has 2 N–H and O–H groups in total. The Morgan fingerprint density at radius 3 is 2.81 bits per heavy atom. The number of nitrogens with two attached hydrogens (primary N) is 1. The van der Waals surface area contributed by atoms with Crippen LogP contribution in [0.4, 0.5) is 0 Å². The topological polar surface area (TPSA) is 60.9 Å². The maximum atomic E-state index is 11.0. The number of benzene rings is 1. The van der Waals surface area contributed by atoms with E-state index in [0.29, 0.717) is 0 Å². The van der Waals surface area contributed by atoms with Crippen LogP contribution >= 0.6 is 11.8 Å². The molecule has 84 valence electrons. The van der Waals surface area contributed by atoms with E-state index in [4.69, 9.17) is 5.73 Å². The number of primary amides is 1. The van der Waals surface area contributed by atoms with Crippen molar-refractivity contribution in [3.05, 3.63) is 24.3 Å². The van der Waals surface area contributed by atoms with Crippen LogP contribution in [0, 0.1) is 0 Å². The Bertz CT molecular complexity index is 535. The zero-order valence-corrected chi connectivity index (χ0v) is 9.99. The lowest BCUT2D eigenvalue weighted by Crippen LogP contribution is -2.22. The summed E-state index contributed by atoms with van der Waals surface area (Å²) in [5.74, 6) is -0.322. The minimum absolute atomic E-state index is 0.268. The quantitative estimate of drug-likeness (QED) is 0.821. The molecule has 0 spiro atoms. The number of amides is 1. The van der Waals surface area contributed by atoms with E-state index in [0.717, 1.165) is 16.2 Å². The van der Waals surface area contributed by atoms with Crippen molar-refractivity contribution in [1.29, 1.82) is 0 Å². The van der Waals surface area contributed by atoms with Crippen molar-refractivity contribution < 1.29 is 4.79 Å². The van der Waals surface area contributed by atoms with Gasteiger partial charge in [-0.25, -0.2) is 4.98 Å². The molecule has 1 aromatic carbocycles. The molecule has 5 heteroatoms. The minimum Gasteiger partial charge on any atom is -0.369 e. The second-order valence-electron chi connectivity index (χ2n) is 3.60. The van der Waals surface area contributed by atoms with Crippen molar-refractivity contribution in [3.8, 4) is 0 Å². The van der Waals surface area contributed by atoms with Crippen LogP contribution in [0.2, 0.25) is 0 Å². The number of imidazole rings is 1. The molecule has 1 heterocycles. The Hall–Kier alpha value is -1.49. The highest BCUT2D eigenvalue weighted by molar-refractivity contribution is 8.00. The highest BCUT2D eigenvalue weighted by Gasteiger charge is 2.15. The third-order valence-electron chi connectivity index (χ3n) is 2.43. The average molecular weight is 235 g/mol. The monoisotopic (exact) mass is 235 g/mol. The van der Waals surface area contributed by atoms with Crippen molar-refractivity contribution in [2.75, 3.05) is 0 Å². The lowest BCUT2D eigenvalue weighted by atomic mass is 10.3. The van der Waals surface area contributed by atoms with E-state index in [2.05, 4.69) is 4.98 Å². The Kier molecular flexibility index (Phi) is 2.87. The van der Waals surface area contributed by atoms with Gasteiger partial charge in [0.1, 0.15) is 0 Å². The first-order valence-corrected chi connectivity index (χ1v) is 5.85. The fourth-order valence-electron chi connectivity index (χ4n) is 1.45. The summed E-state index contributed by atoms with van der Waals surface area (Å²) < 4.78 is 1.97. The molecule has 0 fully saturated rings. The molecule has 0 aliphatic carbocycles. The number of para-hydroxylation sites is 2. The second kappa shape index (κ2) is 4.17. The molecule has 1 aromatic heterocycles. The van der Waals surface area contributed by atoms with E-state index in [1.807, 2.05) is 35.9 Å². The fourth-order valence-corrected chi connectivity index (χ4v) is 2.28. The zero-order chi connectivity index (χ0) is 11.7. The summed E-state index contributed by atoms with van der Waals surface area (Å²) in [4.78, 5) is 15.4. The second-order valence-corrected chi connectivity index (χ2v) is 4.91. The summed E-state index contributed by atoms with van der Waals surface area (Å²) >= 11 is 1.38. The van der Waals surface area contributed by atoms with E-state index < -0.39 is 0 Å². The Labute approximate surface area is 97.8 Å². The standard InChI is InChI=1S/C11H13N3OS/c1-7(10(12)15)16-11-13-8-5-3-4-6-9(8)14(11)2/h3-7H,1-2H3,(H2,12,15)/t7-/m0/s1. The Morgan fingerprint density at radius 2 is 2.19 bits per heavy atom. The number of carbonyl (C=O) groups excluding carboxylic acids is 1.